The summed E-state index contributed by atoms with van der Waals surface area (Å²) in [7, 11) is 0. The lowest BCUT2D eigenvalue weighted by Gasteiger charge is -2.40. The van der Waals surface area contributed by atoms with Crippen molar-refractivity contribution in [3.05, 3.63) is 29.8 Å². The predicted octanol–water partition coefficient (Wildman–Crippen LogP) is 3.31. The molecule has 0 unspecified atom stereocenters. The maximum atomic E-state index is 3.67. The van der Waals surface area contributed by atoms with E-state index in [-0.39, 0.29) is 5.41 Å². The summed E-state index contributed by atoms with van der Waals surface area (Å²) in [6.07, 6.45) is 4.07. The zero-order valence-corrected chi connectivity index (χ0v) is 12.4. The van der Waals surface area contributed by atoms with E-state index in [0.29, 0.717) is 6.04 Å². The molecule has 1 saturated carbocycles. The molecule has 2 nitrogen and oxygen atoms in total. The first-order valence-electron chi connectivity index (χ1n) is 7.66. The van der Waals surface area contributed by atoms with Crippen LogP contribution in [0.2, 0.25) is 0 Å². The van der Waals surface area contributed by atoms with E-state index >= 15 is 0 Å². The Morgan fingerprint density at radius 1 is 1.11 bits per heavy atom. The van der Waals surface area contributed by atoms with Crippen molar-refractivity contribution in [2.24, 2.45) is 0 Å². The highest BCUT2D eigenvalue weighted by Crippen LogP contribution is 2.32. The molecule has 2 aliphatic rings. The number of anilines is 1. The average Bonchev–Trinajstić information content (AvgIpc) is 2.86. The number of hydrogen-bond donors (Lipinski definition) is 1. The van der Waals surface area contributed by atoms with E-state index in [1.165, 1.54) is 30.5 Å². The fraction of sp³-hybridized carbons (Fsp3) is 0.647. The van der Waals surface area contributed by atoms with Crippen molar-refractivity contribution in [2.75, 3.05) is 18.0 Å². The Hall–Kier alpha value is -1.02. The van der Waals surface area contributed by atoms with Crippen LogP contribution < -0.4 is 10.2 Å². The Balaban J connectivity index is 1.82. The van der Waals surface area contributed by atoms with Gasteiger partial charge in [-0.25, -0.2) is 0 Å². The second-order valence-corrected chi connectivity index (χ2v) is 7.05. The summed E-state index contributed by atoms with van der Waals surface area (Å²) < 4.78 is 0. The molecule has 1 aliphatic heterocycles. The Bertz CT molecular complexity index is 430. The van der Waals surface area contributed by atoms with Crippen molar-refractivity contribution in [1.29, 1.82) is 0 Å². The molecule has 1 heterocycles. The SMILES string of the molecule is CC(C)(C)c1ccc(N2CCN[C@@H]3CCC[C@@H]32)cc1. The molecule has 0 amide bonds. The zero-order chi connectivity index (χ0) is 13.5. The van der Waals surface area contributed by atoms with Gasteiger partial charge in [-0.3, -0.25) is 0 Å². The van der Waals surface area contributed by atoms with E-state index in [1.54, 1.807) is 0 Å². The lowest BCUT2D eigenvalue weighted by Crippen LogP contribution is -2.55. The Morgan fingerprint density at radius 3 is 2.53 bits per heavy atom. The normalized spacial score (nSPS) is 27.4. The summed E-state index contributed by atoms with van der Waals surface area (Å²) in [5.74, 6) is 0. The number of piperazine rings is 1. The number of nitrogens with zero attached hydrogens (tertiary/aromatic N) is 1. The Labute approximate surface area is 117 Å². The van der Waals surface area contributed by atoms with Crippen LogP contribution in [0, 0.1) is 0 Å². The summed E-state index contributed by atoms with van der Waals surface area (Å²) >= 11 is 0. The van der Waals surface area contributed by atoms with Gasteiger partial charge in [0.15, 0.2) is 0 Å². The molecule has 1 aliphatic carbocycles. The maximum Gasteiger partial charge on any atom is 0.0443 e. The van der Waals surface area contributed by atoms with Crippen molar-refractivity contribution in [3.8, 4) is 0 Å². The van der Waals surface area contributed by atoms with Gasteiger partial charge in [0.25, 0.3) is 0 Å². The smallest absolute Gasteiger partial charge is 0.0443 e. The Morgan fingerprint density at radius 2 is 1.84 bits per heavy atom. The van der Waals surface area contributed by atoms with Crippen molar-refractivity contribution < 1.29 is 0 Å². The molecule has 0 spiro atoms. The third-order valence-electron chi connectivity index (χ3n) is 4.70. The Kier molecular flexibility index (Phi) is 3.30. The van der Waals surface area contributed by atoms with Crippen LogP contribution in [-0.2, 0) is 5.41 Å². The van der Waals surface area contributed by atoms with Crippen LogP contribution in [0.15, 0.2) is 24.3 Å². The van der Waals surface area contributed by atoms with E-state index in [2.05, 4.69) is 55.3 Å². The molecule has 0 bridgehead atoms. The topological polar surface area (TPSA) is 15.3 Å². The van der Waals surface area contributed by atoms with E-state index in [0.717, 1.165) is 19.1 Å². The summed E-state index contributed by atoms with van der Waals surface area (Å²) in [4.78, 5) is 2.63. The summed E-state index contributed by atoms with van der Waals surface area (Å²) in [5.41, 5.74) is 3.08. The van der Waals surface area contributed by atoms with Gasteiger partial charge in [-0.1, -0.05) is 32.9 Å². The van der Waals surface area contributed by atoms with Crippen LogP contribution in [0.3, 0.4) is 0 Å². The molecular weight excluding hydrogens is 232 g/mol. The monoisotopic (exact) mass is 258 g/mol. The van der Waals surface area contributed by atoms with Crippen molar-refractivity contribution in [3.63, 3.8) is 0 Å². The molecule has 104 valence electrons. The third-order valence-corrected chi connectivity index (χ3v) is 4.70. The van der Waals surface area contributed by atoms with Crippen LogP contribution in [0.25, 0.3) is 0 Å². The van der Waals surface area contributed by atoms with Crippen molar-refractivity contribution in [2.45, 2.75) is 57.5 Å². The van der Waals surface area contributed by atoms with Gasteiger partial charge in [0.2, 0.25) is 0 Å². The lowest BCUT2D eigenvalue weighted by molar-refractivity contribution is 0.404. The molecule has 1 aromatic carbocycles. The molecule has 19 heavy (non-hydrogen) atoms. The second kappa shape index (κ2) is 4.82. The van der Waals surface area contributed by atoms with Crippen molar-refractivity contribution >= 4 is 5.69 Å². The number of nitrogens with one attached hydrogen (secondary N) is 1. The minimum Gasteiger partial charge on any atom is -0.366 e. The van der Waals surface area contributed by atoms with Gasteiger partial charge >= 0.3 is 0 Å². The van der Waals surface area contributed by atoms with Crippen LogP contribution in [0.5, 0.6) is 0 Å². The highest BCUT2D eigenvalue weighted by Gasteiger charge is 2.34. The molecule has 1 saturated heterocycles. The fourth-order valence-corrected chi connectivity index (χ4v) is 3.56. The maximum absolute atomic E-state index is 3.67. The largest absolute Gasteiger partial charge is 0.366 e. The molecule has 1 N–H and O–H groups in total. The summed E-state index contributed by atoms with van der Waals surface area (Å²) in [6.45, 7) is 9.11. The van der Waals surface area contributed by atoms with Crippen LogP contribution in [-0.4, -0.2) is 25.2 Å². The highest BCUT2D eigenvalue weighted by molar-refractivity contribution is 5.50. The van der Waals surface area contributed by atoms with Crippen LogP contribution >= 0.6 is 0 Å². The third kappa shape index (κ3) is 2.51. The van der Waals surface area contributed by atoms with Gasteiger partial charge in [-0.15, -0.1) is 0 Å². The quantitative estimate of drug-likeness (QED) is 0.831. The van der Waals surface area contributed by atoms with Crippen LogP contribution in [0.4, 0.5) is 5.69 Å². The molecule has 2 fully saturated rings. The molecule has 1 aromatic rings. The van der Waals surface area contributed by atoms with Gasteiger partial charge in [0.1, 0.15) is 0 Å². The zero-order valence-electron chi connectivity index (χ0n) is 12.4. The molecular formula is C17H26N2. The highest BCUT2D eigenvalue weighted by atomic mass is 15.2. The van der Waals surface area contributed by atoms with Gasteiger partial charge in [-0.05, 0) is 42.4 Å². The van der Waals surface area contributed by atoms with E-state index in [1.807, 2.05) is 0 Å². The number of benzene rings is 1. The molecule has 0 aromatic heterocycles. The number of rotatable bonds is 1. The molecule has 2 atom stereocenters. The first-order valence-corrected chi connectivity index (χ1v) is 7.66. The lowest BCUT2D eigenvalue weighted by atomic mass is 9.87. The number of fused-ring (bicyclic) bond motifs is 1. The number of hydrogen-bond acceptors (Lipinski definition) is 2. The van der Waals surface area contributed by atoms with E-state index in [9.17, 15) is 0 Å². The van der Waals surface area contributed by atoms with E-state index in [4.69, 9.17) is 0 Å². The fourth-order valence-electron chi connectivity index (χ4n) is 3.56. The average molecular weight is 258 g/mol. The predicted molar refractivity (Wildman–Crippen MR) is 81.9 cm³/mol. The minimum atomic E-state index is 0.248. The first kappa shape index (κ1) is 13.0. The van der Waals surface area contributed by atoms with Crippen LogP contribution in [0.1, 0.15) is 45.6 Å². The van der Waals surface area contributed by atoms with Gasteiger partial charge in [-0.2, -0.15) is 0 Å². The summed E-state index contributed by atoms with van der Waals surface area (Å²) in [6, 6.07) is 10.7. The van der Waals surface area contributed by atoms with Gasteiger partial charge in [0, 0.05) is 30.9 Å². The second-order valence-electron chi connectivity index (χ2n) is 7.05. The molecule has 2 heteroatoms. The summed E-state index contributed by atoms with van der Waals surface area (Å²) in [5, 5.41) is 3.67. The standard InChI is InChI=1S/C17H26N2/c1-17(2,3)13-7-9-14(10-8-13)19-12-11-18-15-5-4-6-16(15)19/h7-10,15-16,18H,4-6,11-12H2,1-3H3/t15-,16+/m1/s1. The van der Waals surface area contributed by atoms with Crippen molar-refractivity contribution in [1.82, 2.24) is 5.32 Å². The van der Waals surface area contributed by atoms with E-state index < -0.39 is 0 Å². The molecule has 3 rings (SSSR count). The first-order chi connectivity index (χ1) is 9.05. The minimum absolute atomic E-state index is 0.248. The molecule has 0 radical (unpaired) electrons. The van der Waals surface area contributed by atoms with Gasteiger partial charge < -0.3 is 10.2 Å². The van der Waals surface area contributed by atoms with Gasteiger partial charge in [0.05, 0.1) is 0 Å².